The molecule has 1 heterocycles. The maximum absolute atomic E-state index is 12.9. The first-order valence-electron chi connectivity index (χ1n) is 6.95. The fourth-order valence-electron chi connectivity index (χ4n) is 2.43. The SMILES string of the molecule is O=C(O)/C=C/C1CCN(c2cc(C(F)(F)F)cc(C(F)(F)F)c2)S1(=O)=O. The maximum Gasteiger partial charge on any atom is 0.416 e. The Balaban J connectivity index is 2.53. The molecule has 0 aliphatic carbocycles. The Bertz CT molecular complexity index is 812. The largest absolute Gasteiger partial charge is 0.478 e. The molecule has 1 aromatic rings. The number of carboxylic acids is 1. The Hall–Kier alpha value is -2.24. The number of benzene rings is 1. The normalized spacial score (nSPS) is 20.7. The van der Waals surface area contributed by atoms with Gasteiger partial charge in [-0.05, 0) is 24.6 Å². The van der Waals surface area contributed by atoms with E-state index in [1.807, 2.05) is 0 Å². The van der Waals surface area contributed by atoms with Gasteiger partial charge in [0, 0.05) is 12.6 Å². The number of aliphatic carboxylic acids is 1. The number of nitrogens with zero attached hydrogens (tertiary/aromatic N) is 1. The topological polar surface area (TPSA) is 74.7 Å². The second-order valence-corrected chi connectivity index (χ2v) is 7.48. The molecule has 0 aromatic heterocycles. The Morgan fingerprint density at radius 3 is 2.00 bits per heavy atom. The van der Waals surface area contributed by atoms with Crippen molar-refractivity contribution in [3.05, 3.63) is 41.5 Å². The highest BCUT2D eigenvalue weighted by Crippen LogP contribution is 2.40. The summed E-state index contributed by atoms with van der Waals surface area (Å²) >= 11 is 0. The fourth-order valence-corrected chi connectivity index (χ4v) is 4.19. The van der Waals surface area contributed by atoms with Crippen molar-refractivity contribution in [1.82, 2.24) is 0 Å². The number of sulfonamides is 1. The second kappa shape index (κ2) is 6.49. The van der Waals surface area contributed by atoms with Gasteiger partial charge in [0.1, 0.15) is 5.25 Å². The highest BCUT2D eigenvalue weighted by molar-refractivity contribution is 7.93. The zero-order chi connectivity index (χ0) is 19.9. The van der Waals surface area contributed by atoms with Crippen molar-refractivity contribution < 1.29 is 44.7 Å². The number of hydrogen-bond donors (Lipinski definition) is 1. The van der Waals surface area contributed by atoms with Crippen molar-refractivity contribution in [2.45, 2.75) is 24.0 Å². The van der Waals surface area contributed by atoms with E-state index in [9.17, 15) is 39.6 Å². The zero-order valence-corrected chi connectivity index (χ0v) is 13.5. The predicted octanol–water partition coefficient (Wildman–Crippen LogP) is 3.27. The molecule has 1 aliphatic heterocycles. The predicted molar refractivity (Wildman–Crippen MR) is 77.9 cm³/mol. The van der Waals surface area contributed by atoms with Crippen LogP contribution >= 0.6 is 0 Å². The second-order valence-electron chi connectivity index (χ2n) is 5.41. The Labute approximate surface area is 143 Å². The van der Waals surface area contributed by atoms with E-state index in [2.05, 4.69) is 0 Å². The summed E-state index contributed by atoms with van der Waals surface area (Å²) in [5, 5.41) is 7.17. The minimum absolute atomic E-state index is 0.103. The van der Waals surface area contributed by atoms with Gasteiger partial charge >= 0.3 is 18.3 Å². The van der Waals surface area contributed by atoms with Crippen LogP contribution in [0.5, 0.6) is 0 Å². The van der Waals surface area contributed by atoms with E-state index in [0.29, 0.717) is 22.5 Å². The Morgan fingerprint density at radius 2 is 1.58 bits per heavy atom. The van der Waals surface area contributed by atoms with Crippen LogP contribution in [0, 0.1) is 0 Å². The molecule has 1 aliphatic rings. The van der Waals surface area contributed by atoms with Crippen LogP contribution in [0.15, 0.2) is 30.4 Å². The van der Waals surface area contributed by atoms with Crippen LogP contribution in [0.3, 0.4) is 0 Å². The van der Waals surface area contributed by atoms with Crippen molar-refractivity contribution in [2.75, 3.05) is 10.8 Å². The third kappa shape index (κ3) is 4.11. The summed E-state index contributed by atoms with van der Waals surface area (Å²) in [6.45, 7) is -0.379. The van der Waals surface area contributed by atoms with Crippen molar-refractivity contribution in [3.8, 4) is 0 Å². The highest BCUT2D eigenvalue weighted by Gasteiger charge is 2.41. The summed E-state index contributed by atoms with van der Waals surface area (Å²) in [5.74, 6) is -1.43. The summed E-state index contributed by atoms with van der Waals surface area (Å²) in [5.41, 5.74) is -4.05. The zero-order valence-electron chi connectivity index (χ0n) is 12.7. The fraction of sp³-hybridized carbons (Fsp3) is 0.357. The van der Waals surface area contributed by atoms with Crippen LogP contribution in [0.1, 0.15) is 17.5 Å². The molecule has 12 heteroatoms. The number of hydrogen-bond acceptors (Lipinski definition) is 3. The molecule has 0 saturated carbocycles. The van der Waals surface area contributed by atoms with Gasteiger partial charge in [-0.15, -0.1) is 0 Å². The first kappa shape index (κ1) is 20.1. The standard InChI is InChI=1S/C14H11F6NO4S/c15-13(16,17)8-5-9(14(18,19)20)7-10(6-8)21-4-3-11(26(21,24)25)1-2-12(22)23/h1-2,5-7,11H,3-4H2,(H,22,23)/b2-1+. The lowest BCUT2D eigenvalue weighted by atomic mass is 10.1. The molecule has 2 rings (SSSR count). The number of carboxylic acid groups (broad SMARTS) is 1. The van der Waals surface area contributed by atoms with Gasteiger partial charge in [-0.3, -0.25) is 4.31 Å². The molecule has 1 aromatic carbocycles. The van der Waals surface area contributed by atoms with E-state index >= 15 is 0 Å². The van der Waals surface area contributed by atoms with Crippen molar-refractivity contribution in [1.29, 1.82) is 0 Å². The number of anilines is 1. The Morgan fingerprint density at radius 1 is 1.08 bits per heavy atom. The van der Waals surface area contributed by atoms with E-state index in [1.54, 1.807) is 0 Å². The van der Waals surface area contributed by atoms with Gasteiger partial charge in [-0.1, -0.05) is 6.08 Å². The lowest BCUT2D eigenvalue weighted by molar-refractivity contribution is -0.143. The summed E-state index contributed by atoms with van der Waals surface area (Å²) in [6.07, 6.45) is -9.01. The van der Waals surface area contributed by atoms with Crippen LogP contribution in [-0.4, -0.2) is 31.3 Å². The molecule has 1 saturated heterocycles. The highest BCUT2D eigenvalue weighted by atomic mass is 32.2. The number of alkyl halides is 6. The molecule has 1 atom stereocenters. The van der Waals surface area contributed by atoms with Gasteiger partial charge in [0.25, 0.3) is 0 Å². The molecule has 1 N–H and O–H groups in total. The molecule has 144 valence electrons. The molecule has 0 bridgehead atoms. The molecular weight excluding hydrogens is 392 g/mol. The van der Waals surface area contributed by atoms with E-state index in [1.165, 1.54) is 0 Å². The Kier molecular flexibility index (Phi) is 5.01. The van der Waals surface area contributed by atoms with E-state index in [4.69, 9.17) is 5.11 Å². The molecule has 1 unspecified atom stereocenters. The average Bonchev–Trinajstić information content (AvgIpc) is 2.77. The van der Waals surface area contributed by atoms with Crippen molar-refractivity contribution in [3.63, 3.8) is 0 Å². The van der Waals surface area contributed by atoms with Crippen LogP contribution < -0.4 is 4.31 Å². The monoisotopic (exact) mass is 403 g/mol. The van der Waals surface area contributed by atoms with Crippen LogP contribution in [0.4, 0.5) is 32.0 Å². The van der Waals surface area contributed by atoms with Crippen LogP contribution in [0.2, 0.25) is 0 Å². The molecule has 1 fully saturated rings. The third-order valence-corrected chi connectivity index (χ3v) is 5.79. The number of halogens is 6. The van der Waals surface area contributed by atoms with Gasteiger partial charge in [0.15, 0.2) is 0 Å². The van der Waals surface area contributed by atoms with Crippen LogP contribution in [-0.2, 0) is 27.2 Å². The third-order valence-electron chi connectivity index (χ3n) is 3.62. The van der Waals surface area contributed by atoms with Gasteiger partial charge in [-0.2, -0.15) is 26.3 Å². The van der Waals surface area contributed by atoms with Gasteiger partial charge in [-0.25, -0.2) is 13.2 Å². The quantitative estimate of drug-likeness (QED) is 0.621. The molecule has 0 spiro atoms. The summed E-state index contributed by atoms with van der Waals surface area (Å²) < 4.78 is 102. The number of carbonyl (C=O) groups is 1. The summed E-state index contributed by atoms with van der Waals surface area (Å²) in [4.78, 5) is 10.5. The molecule has 0 amide bonds. The molecule has 26 heavy (non-hydrogen) atoms. The average molecular weight is 403 g/mol. The number of rotatable bonds is 3. The minimum atomic E-state index is -5.11. The smallest absolute Gasteiger partial charge is 0.416 e. The van der Waals surface area contributed by atoms with Crippen molar-refractivity contribution >= 4 is 21.7 Å². The van der Waals surface area contributed by atoms with E-state index < -0.39 is 50.4 Å². The molecular formula is C14H11F6NO4S. The lowest BCUT2D eigenvalue weighted by Gasteiger charge is -2.21. The van der Waals surface area contributed by atoms with Gasteiger partial charge < -0.3 is 5.11 Å². The summed E-state index contributed by atoms with van der Waals surface area (Å²) in [6, 6.07) is 0.528. The maximum atomic E-state index is 12.9. The van der Waals surface area contributed by atoms with E-state index in [-0.39, 0.29) is 19.0 Å². The first-order chi connectivity index (χ1) is 11.7. The van der Waals surface area contributed by atoms with Crippen molar-refractivity contribution in [2.24, 2.45) is 0 Å². The summed E-state index contributed by atoms with van der Waals surface area (Å²) in [7, 11) is -4.35. The van der Waals surface area contributed by atoms with Gasteiger partial charge in [0.2, 0.25) is 10.0 Å². The minimum Gasteiger partial charge on any atom is -0.478 e. The van der Waals surface area contributed by atoms with Gasteiger partial charge in [0.05, 0.1) is 16.8 Å². The first-order valence-corrected chi connectivity index (χ1v) is 8.45. The van der Waals surface area contributed by atoms with Crippen LogP contribution in [0.25, 0.3) is 0 Å². The lowest BCUT2D eigenvalue weighted by Crippen LogP contribution is -2.29. The molecule has 5 nitrogen and oxygen atoms in total. The molecule has 0 radical (unpaired) electrons. The van der Waals surface area contributed by atoms with E-state index in [0.717, 1.165) is 6.08 Å².